The van der Waals surface area contributed by atoms with Crippen molar-refractivity contribution in [2.24, 2.45) is 0 Å². The predicted octanol–water partition coefficient (Wildman–Crippen LogP) is 4.51. The van der Waals surface area contributed by atoms with E-state index < -0.39 is 0 Å². The monoisotopic (exact) mass is 384 g/mol. The maximum absolute atomic E-state index is 13.3. The minimum Gasteiger partial charge on any atom is -0.333 e. The molecule has 0 atom stereocenters. The van der Waals surface area contributed by atoms with Crippen LogP contribution in [-0.4, -0.2) is 26.9 Å². The third kappa shape index (κ3) is 3.73. The summed E-state index contributed by atoms with van der Waals surface area (Å²) in [5.74, 6) is 1.11. The van der Waals surface area contributed by atoms with E-state index in [2.05, 4.69) is 30.7 Å². The molecule has 0 fully saturated rings. The summed E-state index contributed by atoms with van der Waals surface area (Å²) in [4.78, 5) is 10.0. The van der Waals surface area contributed by atoms with Crippen LogP contribution in [0.5, 0.6) is 0 Å². The number of aromatic nitrogens is 4. The fraction of sp³-hybridized carbons (Fsp3) is 0.158. The summed E-state index contributed by atoms with van der Waals surface area (Å²) in [5, 5.41) is 8.15. The Morgan fingerprint density at radius 1 is 1.15 bits per heavy atom. The van der Waals surface area contributed by atoms with Gasteiger partial charge in [-0.1, -0.05) is 12.1 Å². The van der Waals surface area contributed by atoms with Gasteiger partial charge in [0.25, 0.3) is 0 Å². The van der Waals surface area contributed by atoms with E-state index in [1.807, 2.05) is 25.1 Å². The van der Waals surface area contributed by atoms with Gasteiger partial charge >= 0.3 is 0 Å². The van der Waals surface area contributed by atoms with E-state index in [9.17, 15) is 4.39 Å². The average Bonchev–Trinajstić information content (AvgIpc) is 3.25. The average molecular weight is 384 g/mol. The van der Waals surface area contributed by atoms with E-state index in [0.29, 0.717) is 18.2 Å². The van der Waals surface area contributed by atoms with Gasteiger partial charge in [-0.15, -0.1) is 0 Å². The first kappa shape index (κ1) is 17.7. The molecule has 8 heteroatoms. The first-order chi connectivity index (χ1) is 13.1. The zero-order chi connectivity index (χ0) is 18.8. The predicted molar refractivity (Wildman–Crippen MR) is 102 cm³/mol. The zero-order valence-electron chi connectivity index (χ0n) is 14.8. The summed E-state index contributed by atoms with van der Waals surface area (Å²) in [6.45, 7) is 2.42. The molecule has 0 amide bonds. The summed E-state index contributed by atoms with van der Waals surface area (Å²) in [5.41, 5.74) is 2.93. The first-order valence-electron chi connectivity index (χ1n) is 8.28. The molecule has 4 rings (SSSR count). The zero-order valence-corrected chi connectivity index (χ0v) is 15.6. The molecule has 0 spiro atoms. The van der Waals surface area contributed by atoms with Crippen molar-refractivity contribution >= 4 is 22.9 Å². The second kappa shape index (κ2) is 7.51. The number of halogens is 1. The highest BCUT2D eigenvalue weighted by atomic mass is 32.2. The molecule has 2 aromatic heterocycles. The molecule has 0 aliphatic carbocycles. The minimum atomic E-state index is -0.248. The summed E-state index contributed by atoms with van der Waals surface area (Å²) >= 11 is 1.15. The smallest absolute Gasteiger partial charge is 0.172 e. The lowest BCUT2D eigenvalue weighted by Gasteiger charge is -2.10. The SMILES string of the molecule is COOSc1ccc2c(c1)cc(-c1nc(C)n[nH]1)n2Cc1ccc(F)cc1. The van der Waals surface area contributed by atoms with Crippen molar-refractivity contribution in [1.29, 1.82) is 0 Å². The third-order valence-corrected chi connectivity index (χ3v) is 4.82. The van der Waals surface area contributed by atoms with Crippen LogP contribution in [0.25, 0.3) is 22.4 Å². The van der Waals surface area contributed by atoms with E-state index in [0.717, 1.165) is 39.1 Å². The highest BCUT2D eigenvalue weighted by Gasteiger charge is 2.15. The van der Waals surface area contributed by atoms with Gasteiger partial charge < -0.3 is 4.57 Å². The van der Waals surface area contributed by atoms with E-state index in [-0.39, 0.29) is 5.82 Å². The standard InChI is InChI=1S/C19H17FN4O2S/c1-12-21-19(23-22-12)18-10-14-9-16(27-26-25-2)7-8-17(14)24(18)11-13-3-5-15(20)6-4-13/h3-10H,11H2,1-2H3,(H,21,22,23). The number of aryl methyl sites for hydroxylation is 1. The number of fused-ring (bicyclic) bond motifs is 1. The van der Waals surface area contributed by atoms with Crippen molar-refractivity contribution in [2.75, 3.05) is 7.11 Å². The lowest BCUT2D eigenvalue weighted by atomic mass is 10.2. The molecule has 6 nitrogen and oxygen atoms in total. The van der Waals surface area contributed by atoms with Gasteiger partial charge in [-0.05, 0) is 48.9 Å². The second-order valence-electron chi connectivity index (χ2n) is 6.01. The van der Waals surface area contributed by atoms with E-state index in [1.54, 1.807) is 12.1 Å². The van der Waals surface area contributed by atoms with Crippen molar-refractivity contribution in [3.8, 4) is 11.5 Å². The molecule has 0 aliphatic rings. The summed E-state index contributed by atoms with van der Waals surface area (Å²) < 4.78 is 20.3. The number of aromatic amines is 1. The van der Waals surface area contributed by atoms with Crippen LogP contribution in [0.4, 0.5) is 4.39 Å². The number of H-pyrrole nitrogens is 1. The van der Waals surface area contributed by atoms with E-state index in [4.69, 9.17) is 4.33 Å². The summed E-state index contributed by atoms with van der Waals surface area (Å²) in [7, 11) is 1.47. The molecule has 0 saturated heterocycles. The van der Waals surface area contributed by atoms with Gasteiger partial charge in [0, 0.05) is 22.3 Å². The van der Waals surface area contributed by atoms with Gasteiger partial charge in [-0.25, -0.2) is 14.3 Å². The van der Waals surface area contributed by atoms with Crippen molar-refractivity contribution in [3.63, 3.8) is 0 Å². The molecule has 0 saturated carbocycles. The van der Waals surface area contributed by atoms with Crippen LogP contribution >= 0.6 is 12.0 Å². The molecule has 138 valence electrons. The highest BCUT2D eigenvalue weighted by Crippen LogP contribution is 2.31. The molecule has 2 aromatic carbocycles. The number of benzene rings is 2. The molecule has 0 aliphatic heterocycles. The lowest BCUT2D eigenvalue weighted by molar-refractivity contribution is -0.160. The summed E-state index contributed by atoms with van der Waals surface area (Å²) in [6, 6.07) is 14.6. The van der Waals surface area contributed by atoms with Gasteiger partial charge in [-0.2, -0.15) is 9.43 Å². The molecule has 2 heterocycles. The highest BCUT2D eigenvalue weighted by molar-refractivity contribution is 7.94. The number of rotatable bonds is 6. The van der Waals surface area contributed by atoms with Crippen LogP contribution in [-0.2, 0) is 15.8 Å². The van der Waals surface area contributed by atoms with Gasteiger partial charge in [0.2, 0.25) is 0 Å². The summed E-state index contributed by atoms with van der Waals surface area (Å²) in [6.07, 6.45) is 0. The molecule has 1 N–H and O–H groups in total. The first-order valence-corrected chi connectivity index (χ1v) is 9.02. The van der Waals surface area contributed by atoms with E-state index >= 15 is 0 Å². The van der Waals surface area contributed by atoms with Crippen LogP contribution in [0, 0.1) is 12.7 Å². The fourth-order valence-corrected chi connectivity index (χ4v) is 3.42. The van der Waals surface area contributed by atoms with Gasteiger partial charge in [0.05, 0.1) is 24.8 Å². The largest absolute Gasteiger partial charge is 0.333 e. The molecule has 0 unspecified atom stereocenters. The minimum absolute atomic E-state index is 0.248. The maximum Gasteiger partial charge on any atom is 0.172 e. The van der Waals surface area contributed by atoms with Gasteiger partial charge in [0.15, 0.2) is 5.82 Å². The Bertz CT molecular complexity index is 1080. The van der Waals surface area contributed by atoms with Crippen LogP contribution < -0.4 is 0 Å². The van der Waals surface area contributed by atoms with Gasteiger partial charge in [0.1, 0.15) is 11.6 Å². The molecule has 0 radical (unpaired) electrons. The topological polar surface area (TPSA) is 65.0 Å². The third-order valence-electron chi connectivity index (χ3n) is 4.16. The van der Waals surface area contributed by atoms with Crippen LogP contribution in [0.2, 0.25) is 0 Å². The Morgan fingerprint density at radius 3 is 2.67 bits per heavy atom. The van der Waals surface area contributed by atoms with Crippen molar-refractivity contribution < 1.29 is 13.6 Å². The van der Waals surface area contributed by atoms with Crippen molar-refractivity contribution in [2.45, 2.75) is 18.4 Å². The number of nitrogens with zero attached hydrogens (tertiary/aromatic N) is 3. The molecule has 27 heavy (non-hydrogen) atoms. The van der Waals surface area contributed by atoms with E-state index in [1.165, 1.54) is 19.2 Å². The Morgan fingerprint density at radius 2 is 1.96 bits per heavy atom. The number of nitrogens with one attached hydrogen (secondary N) is 1. The Labute approximate surface area is 159 Å². The maximum atomic E-state index is 13.3. The Balaban J connectivity index is 1.81. The van der Waals surface area contributed by atoms with Crippen molar-refractivity contribution in [1.82, 2.24) is 19.7 Å². The van der Waals surface area contributed by atoms with Gasteiger partial charge in [-0.3, -0.25) is 5.10 Å². The van der Waals surface area contributed by atoms with Crippen LogP contribution in [0.15, 0.2) is 53.4 Å². The molecule has 0 bridgehead atoms. The van der Waals surface area contributed by atoms with Crippen LogP contribution in [0.1, 0.15) is 11.4 Å². The fourth-order valence-electron chi connectivity index (χ4n) is 2.97. The Kier molecular flexibility index (Phi) is 4.93. The second-order valence-corrected chi connectivity index (χ2v) is 6.79. The molecule has 4 aromatic rings. The molecular weight excluding hydrogens is 367 g/mol. The number of hydrogen-bond donors (Lipinski definition) is 1. The lowest BCUT2D eigenvalue weighted by Crippen LogP contribution is -2.02. The molecular formula is C19H17FN4O2S. The normalized spacial score (nSPS) is 11.4. The Hall–Kier alpha value is -2.68. The quantitative estimate of drug-likeness (QED) is 0.301. The van der Waals surface area contributed by atoms with Crippen molar-refractivity contribution in [3.05, 3.63) is 65.7 Å². The number of hydrogen-bond acceptors (Lipinski definition) is 5. The van der Waals surface area contributed by atoms with Crippen LogP contribution in [0.3, 0.4) is 0 Å².